The quantitative estimate of drug-likeness (QED) is 0.693. The summed E-state index contributed by atoms with van der Waals surface area (Å²) < 4.78 is 4.57. The van der Waals surface area contributed by atoms with E-state index in [9.17, 15) is 9.59 Å². The van der Waals surface area contributed by atoms with Crippen LogP contribution in [0.5, 0.6) is 0 Å². The number of nitrogens with one attached hydrogen (secondary N) is 1. The number of carbonyl (C=O) groups excluding carboxylic acids is 2. The van der Waals surface area contributed by atoms with Crippen molar-refractivity contribution >= 4 is 65.7 Å². The molecule has 6 nitrogen and oxygen atoms in total. The molecule has 1 atom stereocenters. The highest BCUT2D eigenvalue weighted by Gasteiger charge is 2.16. The molecule has 0 fully saturated rings. The van der Waals surface area contributed by atoms with E-state index in [1.807, 2.05) is 0 Å². The molecule has 1 amide bonds. The molecule has 0 bridgehead atoms. The van der Waals surface area contributed by atoms with Gasteiger partial charge in [0.15, 0.2) is 0 Å². The number of halogens is 4. The Morgan fingerprint density at radius 1 is 1.19 bits per heavy atom. The fraction of sp³-hybridized carbons (Fsp3) is 0.188. The number of ether oxygens (including phenoxy) is 1. The lowest BCUT2D eigenvalue weighted by molar-refractivity contribution is -0.142. The lowest BCUT2D eigenvalue weighted by atomic mass is 10.1. The number of amides is 1. The van der Waals surface area contributed by atoms with Crippen molar-refractivity contribution in [2.45, 2.75) is 12.5 Å². The summed E-state index contributed by atoms with van der Waals surface area (Å²) in [6.45, 7) is 0. The van der Waals surface area contributed by atoms with Crippen LogP contribution in [0, 0.1) is 0 Å². The van der Waals surface area contributed by atoms with Crippen LogP contribution in [0.15, 0.2) is 36.5 Å². The summed E-state index contributed by atoms with van der Waals surface area (Å²) >= 11 is 12.0. The van der Waals surface area contributed by atoms with Gasteiger partial charge in [0.25, 0.3) is 5.91 Å². The van der Waals surface area contributed by atoms with Crippen LogP contribution >= 0.6 is 48.0 Å². The Balaban J connectivity index is 0.00000312. The van der Waals surface area contributed by atoms with Crippen molar-refractivity contribution in [3.05, 3.63) is 57.7 Å². The number of carbonyl (C=O) groups is 2. The van der Waals surface area contributed by atoms with Crippen LogP contribution in [0.1, 0.15) is 15.9 Å². The first-order chi connectivity index (χ1) is 11.4. The fourth-order valence-electron chi connectivity index (χ4n) is 2.00. The molecule has 0 saturated heterocycles. The molecule has 1 aromatic heterocycles. The SMILES string of the molecule is COC(=O)[C@@H](N)Cc1ccc(NC(=O)c2c(Cl)cccc2Cl)nc1.Cl.Cl. The van der Waals surface area contributed by atoms with Gasteiger partial charge in [-0.2, -0.15) is 0 Å². The van der Waals surface area contributed by atoms with E-state index in [2.05, 4.69) is 15.0 Å². The number of nitrogens with two attached hydrogens (primary N) is 1. The molecule has 0 aliphatic heterocycles. The summed E-state index contributed by atoms with van der Waals surface area (Å²) in [6, 6.07) is 7.35. The topological polar surface area (TPSA) is 94.3 Å². The molecule has 0 unspecified atom stereocenters. The van der Waals surface area contributed by atoms with Crippen molar-refractivity contribution in [2.24, 2.45) is 5.73 Å². The summed E-state index contributed by atoms with van der Waals surface area (Å²) in [6.07, 6.45) is 1.80. The zero-order valence-electron chi connectivity index (χ0n) is 13.6. The molecule has 10 heteroatoms. The predicted octanol–water partition coefficient (Wildman–Crippen LogP) is 3.53. The van der Waals surface area contributed by atoms with Gasteiger partial charge in [0.2, 0.25) is 0 Å². The van der Waals surface area contributed by atoms with Gasteiger partial charge < -0.3 is 15.8 Å². The predicted molar refractivity (Wildman–Crippen MR) is 107 cm³/mol. The molecule has 0 aliphatic rings. The minimum absolute atomic E-state index is 0. The molecule has 26 heavy (non-hydrogen) atoms. The van der Waals surface area contributed by atoms with Gasteiger partial charge in [-0.1, -0.05) is 35.3 Å². The minimum Gasteiger partial charge on any atom is -0.468 e. The second-order valence-corrected chi connectivity index (χ2v) is 5.75. The van der Waals surface area contributed by atoms with Gasteiger partial charge in [0.05, 0.1) is 22.7 Å². The third-order valence-electron chi connectivity index (χ3n) is 3.22. The molecule has 1 aromatic carbocycles. The van der Waals surface area contributed by atoms with Crippen LogP contribution < -0.4 is 11.1 Å². The monoisotopic (exact) mass is 439 g/mol. The van der Waals surface area contributed by atoms with Gasteiger partial charge in [-0.3, -0.25) is 9.59 Å². The molecule has 0 saturated carbocycles. The third-order valence-corrected chi connectivity index (χ3v) is 3.85. The average Bonchev–Trinajstić information content (AvgIpc) is 2.55. The molecule has 1 heterocycles. The standard InChI is InChI=1S/C16H15Cl2N3O3.2ClH/c1-24-16(23)12(19)7-9-5-6-13(20-8-9)21-15(22)14-10(17)3-2-4-11(14)18;;/h2-6,8,12H,7,19H2,1H3,(H,20,21,22);2*1H/t12-;;/m0../s1. The first-order valence-electron chi connectivity index (χ1n) is 6.96. The first kappa shape index (κ1) is 24.4. The highest BCUT2D eigenvalue weighted by atomic mass is 35.5. The van der Waals surface area contributed by atoms with E-state index in [-0.39, 0.29) is 46.8 Å². The fourth-order valence-corrected chi connectivity index (χ4v) is 2.57. The van der Waals surface area contributed by atoms with E-state index >= 15 is 0 Å². The molecule has 2 aromatic rings. The van der Waals surface area contributed by atoms with E-state index in [0.717, 1.165) is 5.56 Å². The van der Waals surface area contributed by atoms with E-state index in [1.54, 1.807) is 30.3 Å². The van der Waals surface area contributed by atoms with Crippen LogP contribution in [-0.2, 0) is 16.0 Å². The molecule has 2 rings (SSSR count). The summed E-state index contributed by atoms with van der Waals surface area (Å²) in [4.78, 5) is 27.7. The minimum atomic E-state index is -0.765. The Hall–Kier alpha value is -1.57. The maximum atomic E-state index is 12.2. The maximum Gasteiger partial charge on any atom is 0.322 e. The van der Waals surface area contributed by atoms with Gasteiger partial charge >= 0.3 is 5.97 Å². The zero-order valence-corrected chi connectivity index (χ0v) is 16.7. The second kappa shape index (κ2) is 11.2. The van der Waals surface area contributed by atoms with Crippen molar-refractivity contribution in [3.63, 3.8) is 0 Å². The Kier molecular flexibility index (Phi) is 10.5. The Labute approximate surface area is 173 Å². The second-order valence-electron chi connectivity index (χ2n) is 4.94. The van der Waals surface area contributed by atoms with Gasteiger partial charge in [-0.25, -0.2) is 4.98 Å². The lowest BCUT2D eigenvalue weighted by Gasteiger charge is -2.10. The summed E-state index contributed by atoms with van der Waals surface area (Å²) in [5, 5.41) is 3.11. The number of aromatic nitrogens is 1. The van der Waals surface area contributed by atoms with E-state index in [0.29, 0.717) is 5.82 Å². The van der Waals surface area contributed by atoms with Crippen LogP contribution in [0.3, 0.4) is 0 Å². The van der Waals surface area contributed by atoms with E-state index in [4.69, 9.17) is 28.9 Å². The average molecular weight is 441 g/mol. The first-order valence-corrected chi connectivity index (χ1v) is 7.71. The van der Waals surface area contributed by atoms with Crippen molar-refractivity contribution < 1.29 is 14.3 Å². The van der Waals surface area contributed by atoms with Crippen molar-refractivity contribution in [3.8, 4) is 0 Å². The van der Waals surface area contributed by atoms with Gasteiger partial charge in [0.1, 0.15) is 11.9 Å². The summed E-state index contributed by atoms with van der Waals surface area (Å²) in [7, 11) is 1.28. The number of pyridine rings is 1. The van der Waals surface area contributed by atoms with E-state index < -0.39 is 17.9 Å². The Bertz CT molecular complexity index is 737. The highest BCUT2D eigenvalue weighted by Crippen LogP contribution is 2.25. The Morgan fingerprint density at radius 3 is 2.31 bits per heavy atom. The molecule has 142 valence electrons. The molecular formula is C16H17Cl4N3O3. The summed E-state index contributed by atoms with van der Waals surface area (Å²) in [5.41, 5.74) is 6.60. The largest absolute Gasteiger partial charge is 0.468 e. The summed E-state index contributed by atoms with van der Waals surface area (Å²) in [5.74, 6) is -0.635. The number of hydrogen-bond donors (Lipinski definition) is 2. The van der Waals surface area contributed by atoms with Gasteiger partial charge in [-0.15, -0.1) is 24.8 Å². The van der Waals surface area contributed by atoms with Crippen LogP contribution in [0.25, 0.3) is 0 Å². The smallest absolute Gasteiger partial charge is 0.322 e. The maximum absolute atomic E-state index is 12.2. The number of methoxy groups -OCH3 is 1. The van der Waals surface area contributed by atoms with Crippen LogP contribution in [0.4, 0.5) is 5.82 Å². The zero-order chi connectivity index (χ0) is 17.7. The van der Waals surface area contributed by atoms with Crippen LogP contribution in [0.2, 0.25) is 10.0 Å². The number of nitrogens with zero attached hydrogens (tertiary/aromatic N) is 1. The number of anilines is 1. The van der Waals surface area contributed by atoms with Crippen molar-refractivity contribution in [1.82, 2.24) is 4.98 Å². The normalized spacial score (nSPS) is 10.8. The molecule has 0 radical (unpaired) electrons. The van der Waals surface area contributed by atoms with Gasteiger partial charge in [0, 0.05) is 6.20 Å². The number of esters is 1. The van der Waals surface area contributed by atoms with Crippen molar-refractivity contribution in [1.29, 1.82) is 0 Å². The Morgan fingerprint density at radius 2 is 1.81 bits per heavy atom. The van der Waals surface area contributed by atoms with Crippen LogP contribution in [-0.4, -0.2) is 30.0 Å². The molecule has 3 N–H and O–H groups in total. The highest BCUT2D eigenvalue weighted by molar-refractivity contribution is 6.40. The molecular weight excluding hydrogens is 424 g/mol. The molecule has 0 aliphatic carbocycles. The van der Waals surface area contributed by atoms with E-state index in [1.165, 1.54) is 13.3 Å². The number of hydrogen-bond acceptors (Lipinski definition) is 5. The third kappa shape index (κ3) is 6.30. The molecule has 0 spiro atoms. The number of benzene rings is 1. The number of rotatable bonds is 5. The van der Waals surface area contributed by atoms with Gasteiger partial charge in [-0.05, 0) is 30.2 Å². The van der Waals surface area contributed by atoms with Crippen molar-refractivity contribution in [2.75, 3.05) is 12.4 Å². The lowest BCUT2D eigenvalue weighted by Crippen LogP contribution is -2.33.